The van der Waals surface area contributed by atoms with Crippen LogP contribution in [-0.4, -0.2) is 42.1 Å². The van der Waals surface area contributed by atoms with Gasteiger partial charge in [-0.3, -0.25) is 4.79 Å². The van der Waals surface area contributed by atoms with E-state index in [2.05, 4.69) is 0 Å². The van der Waals surface area contributed by atoms with E-state index in [0.717, 1.165) is 12.8 Å². The lowest BCUT2D eigenvalue weighted by Gasteiger charge is -2.23. The average Bonchev–Trinajstić information content (AvgIpc) is 2.95. The van der Waals surface area contributed by atoms with Crippen LogP contribution in [0.25, 0.3) is 0 Å². The molecule has 0 aromatic carbocycles. The van der Waals surface area contributed by atoms with Crippen molar-refractivity contribution in [3.63, 3.8) is 0 Å². The SMILES string of the molecule is CC(C)CN(C1CC1)S(=O)(=O)CCCC(=O)O. The van der Waals surface area contributed by atoms with Crippen LogP contribution in [0, 0.1) is 5.92 Å². The zero-order chi connectivity index (χ0) is 13.1. The second kappa shape index (κ2) is 5.82. The molecule has 0 atom stereocenters. The summed E-state index contributed by atoms with van der Waals surface area (Å²) in [5.74, 6) is -0.699. The summed E-state index contributed by atoms with van der Waals surface area (Å²) in [5.41, 5.74) is 0. The van der Waals surface area contributed by atoms with Gasteiger partial charge in [-0.05, 0) is 25.2 Å². The third-order valence-corrected chi connectivity index (χ3v) is 4.62. The molecule has 0 bridgehead atoms. The number of nitrogens with zero attached hydrogens (tertiary/aromatic N) is 1. The van der Waals surface area contributed by atoms with Crippen LogP contribution in [0.3, 0.4) is 0 Å². The monoisotopic (exact) mass is 263 g/mol. The summed E-state index contributed by atoms with van der Waals surface area (Å²) in [5, 5.41) is 8.51. The van der Waals surface area contributed by atoms with Crippen molar-refractivity contribution >= 4 is 16.0 Å². The van der Waals surface area contributed by atoms with Gasteiger partial charge in [-0.2, -0.15) is 4.31 Å². The lowest BCUT2D eigenvalue weighted by molar-refractivity contribution is -0.137. The van der Waals surface area contributed by atoms with E-state index in [4.69, 9.17) is 5.11 Å². The molecule has 0 saturated heterocycles. The number of aliphatic carboxylic acids is 1. The van der Waals surface area contributed by atoms with Gasteiger partial charge in [-0.1, -0.05) is 13.8 Å². The zero-order valence-electron chi connectivity index (χ0n) is 10.4. The number of rotatable bonds is 8. The highest BCUT2D eigenvalue weighted by Gasteiger charge is 2.36. The Balaban J connectivity index is 2.55. The molecule has 6 heteroatoms. The van der Waals surface area contributed by atoms with Crippen molar-refractivity contribution in [3.8, 4) is 0 Å². The van der Waals surface area contributed by atoms with Gasteiger partial charge in [0.25, 0.3) is 0 Å². The molecule has 0 aromatic heterocycles. The van der Waals surface area contributed by atoms with Crippen molar-refractivity contribution < 1.29 is 18.3 Å². The molecule has 1 aliphatic rings. The molecule has 0 spiro atoms. The molecule has 1 aliphatic carbocycles. The molecule has 1 fully saturated rings. The van der Waals surface area contributed by atoms with Crippen LogP contribution in [0.1, 0.15) is 39.5 Å². The van der Waals surface area contributed by atoms with Crippen molar-refractivity contribution in [1.29, 1.82) is 0 Å². The first-order chi connectivity index (χ1) is 7.83. The molecule has 0 unspecified atom stereocenters. The van der Waals surface area contributed by atoms with Crippen LogP contribution < -0.4 is 0 Å². The van der Waals surface area contributed by atoms with Gasteiger partial charge in [-0.25, -0.2) is 8.42 Å². The van der Waals surface area contributed by atoms with E-state index in [-0.39, 0.29) is 24.6 Å². The number of hydrogen-bond donors (Lipinski definition) is 1. The van der Waals surface area contributed by atoms with E-state index in [1.54, 1.807) is 4.31 Å². The van der Waals surface area contributed by atoms with Gasteiger partial charge in [0.05, 0.1) is 5.75 Å². The topological polar surface area (TPSA) is 74.7 Å². The van der Waals surface area contributed by atoms with Gasteiger partial charge in [0.2, 0.25) is 10.0 Å². The third-order valence-electron chi connectivity index (χ3n) is 2.65. The van der Waals surface area contributed by atoms with Gasteiger partial charge in [0, 0.05) is 19.0 Å². The first-order valence-corrected chi connectivity index (χ1v) is 7.65. The fourth-order valence-electron chi connectivity index (χ4n) is 1.74. The second-order valence-corrected chi connectivity index (χ2v) is 7.05. The van der Waals surface area contributed by atoms with E-state index in [1.807, 2.05) is 13.8 Å². The number of carboxylic acids is 1. The third kappa shape index (κ3) is 5.04. The summed E-state index contributed by atoms with van der Waals surface area (Å²) >= 11 is 0. The molecular formula is C11H21NO4S. The molecule has 5 nitrogen and oxygen atoms in total. The molecule has 17 heavy (non-hydrogen) atoms. The Morgan fingerprint density at radius 1 is 1.41 bits per heavy atom. The minimum absolute atomic E-state index is 0.0531. The van der Waals surface area contributed by atoms with Crippen LogP contribution in [-0.2, 0) is 14.8 Å². The van der Waals surface area contributed by atoms with Gasteiger partial charge < -0.3 is 5.11 Å². The van der Waals surface area contributed by atoms with Crippen LogP contribution in [0.5, 0.6) is 0 Å². The maximum absolute atomic E-state index is 12.1. The summed E-state index contributed by atoms with van der Waals surface area (Å²) in [7, 11) is -3.28. The van der Waals surface area contributed by atoms with Crippen molar-refractivity contribution in [2.45, 2.75) is 45.6 Å². The van der Waals surface area contributed by atoms with E-state index in [0.29, 0.717) is 12.5 Å². The van der Waals surface area contributed by atoms with Gasteiger partial charge in [0.1, 0.15) is 0 Å². The van der Waals surface area contributed by atoms with Crippen LogP contribution >= 0.6 is 0 Å². The maximum Gasteiger partial charge on any atom is 0.303 e. The van der Waals surface area contributed by atoms with Gasteiger partial charge >= 0.3 is 5.97 Å². The molecule has 100 valence electrons. The summed E-state index contributed by atoms with van der Waals surface area (Å²) in [6.07, 6.45) is 1.98. The summed E-state index contributed by atoms with van der Waals surface area (Å²) in [6.45, 7) is 4.52. The zero-order valence-corrected chi connectivity index (χ0v) is 11.2. The predicted molar refractivity (Wildman–Crippen MR) is 65.2 cm³/mol. The average molecular weight is 263 g/mol. The van der Waals surface area contributed by atoms with E-state index >= 15 is 0 Å². The Labute approximate surface area is 103 Å². The first kappa shape index (κ1) is 14.4. The van der Waals surface area contributed by atoms with Gasteiger partial charge in [0.15, 0.2) is 0 Å². The van der Waals surface area contributed by atoms with Crippen molar-refractivity contribution in [2.24, 2.45) is 5.92 Å². The quantitative estimate of drug-likeness (QED) is 0.716. The normalized spacial score (nSPS) is 16.7. The molecule has 1 rings (SSSR count). The lowest BCUT2D eigenvalue weighted by atomic mass is 10.2. The highest BCUT2D eigenvalue weighted by atomic mass is 32.2. The van der Waals surface area contributed by atoms with Crippen LogP contribution in [0.2, 0.25) is 0 Å². The summed E-state index contributed by atoms with van der Waals surface area (Å²) < 4.78 is 25.7. The fraction of sp³-hybridized carbons (Fsp3) is 0.909. The molecule has 0 heterocycles. The highest BCUT2D eigenvalue weighted by Crippen LogP contribution is 2.30. The lowest BCUT2D eigenvalue weighted by Crippen LogP contribution is -2.37. The van der Waals surface area contributed by atoms with Crippen molar-refractivity contribution in [1.82, 2.24) is 4.31 Å². The second-order valence-electron chi connectivity index (χ2n) is 5.01. The van der Waals surface area contributed by atoms with Crippen molar-refractivity contribution in [2.75, 3.05) is 12.3 Å². The number of sulfonamides is 1. The van der Waals surface area contributed by atoms with E-state index < -0.39 is 16.0 Å². The Kier molecular flexibility index (Phi) is 4.94. The molecule has 0 aliphatic heterocycles. The maximum atomic E-state index is 12.1. The largest absolute Gasteiger partial charge is 0.481 e. The Bertz CT molecular complexity index is 360. The summed E-state index contributed by atoms with van der Waals surface area (Å²) in [4.78, 5) is 10.4. The molecule has 1 N–H and O–H groups in total. The number of carbonyl (C=O) groups is 1. The van der Waals surface area contributed by atoms with Gasteiger partial charge in [-0.15, -0.1) is 0 Å². The molecule has 0 aromatic rings. The van der Waals surface area contributed by atoms with E-state index in [9.17, 15) is 13.2 Å². The highest BCUT2D eigenvalue weighted by molar-refractivity contribution is 7.89. The van der Waals surface area contributed by atoms with E-state index in [1.165, 1.54) is 0 Å². The molecular weight excluding hydrogens is 242 g/mol. The Hall–Kier alpha value is -0.620. The number of hydrogen-bond acceptors (Lipinski definition) is 3. The molecule has 1 saturated carbocycles. The minimum Gasteiger partial charge on any atom is -0.481 e. The summed E-state index contributed by atoms with van der Waals surface area (Å²) in [6, 6.07) is 0.159. The van der Waals surface area contributed by atoms with Crippen LogP contribution in [0.4, 0.5) is 0 Å². The molecule has 0 radical (unpaired) electrons. The first-order valence-electron chi connectivity index (χ1n) is 6.04. The fourth-order valence-corrected chi connectivity index (χ4v) is 3.67. The Morgan fingerprint density at radius 3 is 2.41 bits per heavy atom. The minimum atomic E-state index is -3.28. The predicted octanol–water partition coefficient (Wildman–Crippen LogP) is 1.30. The van der Waals surface area contributed by atoms with Crippen LogP contribution in [0.15, 0.2) is 0 Å². The Morgan fingerprint density at radius 2 is 2.00 bits per heavy atom. The number of carboxylic acid groups (broad SMARTS) is 1. The molecule has 0 amide bonds. The standard InChI is InChI=1S/C11H21NO4S/c1-9(2)8-12(10-5-6-10)17(15,16)7-3-4-11(13)14/h9-10H,3-8H2,1-2H3,(H,13,14). The smallest absolute Gasteiger partial charge is 0.303 e. The van der Waals surface area contributed by atoms with Crippen molar-refractivity contribution in [3.05, 3.63) is 0 Å².